The molecule has 0 aromatic carbocycles. The fourth-order valence-corrected chi connectivity index (χ4v) is 1.39. The van der Waals surface area contributed by atoms with Crippen LogP contribution in [0.25, 0.3) is 0 Å². The van der Waals surface area contributed by atoms with Crippen LogP contribution >= 0.6 is 0 Å². The molecule has 3 nitrogen and oxygen atoms in total. The highest BCUT2D eigenvalue weighted by atomic mass is 16.7. The van der Waals surface area contributed by atoms with Crippen LogP contribution in [-0.4, -0.2) is 25.8 Å². The third-order valence-electron chi connectivity index (χ3n) is 2.45. The molecule has 0 amide bonds. The van der Waals surface area contributed by atoms with Gasteiger partial charge in [0.15, 0.2) is 6.29 Å². The van der Waals surface area contributed by atoms with Crippen molar-refractivity contribution in [3.05, 3.63) is 11.6 Å². The van der Waals surface area contributed by atoms with Gasteiger partial charge in [-0.05, 0) is 12.0 Å². The van der Waals surface area contributed by atoms with Crippen molar-refractivity contribution in [3.63, 3.8) is 0 Å². The van der Waals surface area contributed by atoms with E-state index in [2.05, 4.69) is 13.8 Å². The normalized spacial score (nSPS) is 22.7. The van der Waals surface area contributed by atoms with Crippen LogP contribution in [0.3, 0.4) is 0 Å². The van der Waals surface area contributed by atoms with E-state index < -0.39 is 0 Å². The van der Waals surface area contributed by atoms with Crippen molar-refractivity contribution in [2.24, 2.45) is 5.41 Å². The van der Waals surface area contributed by atoms with E-state index in [0.717, 1.165) is 18.3 Å². The second-order valence-corrected chi connectivity index (χ2v) is 4.70. The monoisotopic (exact) mass is 212 g/mol. The van der Waals surface area contributed by atoms with Crippen LogP contribution in [0.2, 0.25) is 0 Å². The Labute approximate surface area is 91.4 Å². The number of hydrogen-bond donors (Lipinski definition) is 0. The van der Waals surface area contributed by atoms with Crippen molar-refractivity contribution in [1.29, 1.82) is 0 Å². The highest BCUT2D eigenvalue weighted by Gasteiger charge is 2.27. The highest BCUT2D eigenvalue weighted by molar-refractivity contribution is 5.72. The summed E-state index contributed by atoms with van der Waals surface area (Å²) >= 11 is 0. The van der Waals surface area contributed by atoms with E-state index >= 15 is 0 Å². The lowest BCUT2D eigenvalue weighted by Gasteiger charge is -2.34. The summed E-state index contributed by atoms with van der Waals surface area (Å²) in [6, 6.07) is 0. The van der Waals surface area contributed by atoms with E-state index in [4.69, 9.17) is 9.47 Å². The zero-order chi connectivity index (χ0) is 11.3. The van der Waals surface area contributed by atoms with Crippen molar-refractivity contribution in [2.45, 2.75) is 39.9 Å². The minimum absolute atomic E-state index is 0.110. The van der Waals surface area contributed by atoms with Gasteiger partial charge in [-0.1, -0.05) is 26.8 Å². The third-order valence-corrected chi connectivity index (χ3v) is 2.45. The summed E-state index contributed by atoms with van der Waals surface area (Å²) in [7, 11) is 0. The summed E-state index contributed by atoms with van der Waals surface area (Å²) in [5.74, 6) is 0. The first-order valence-electron chi connectivity index (χ1n) is 5.45. The molecule has 86 valence electrons. The maximum absolute atomic E-state index is 10.6. The first-order chi connectivity index (χ1) is 7.07. The molecule has 1 aliphatic heterocycles. The van der Waals surface area contributed by atoms with Crippen molar-refractivity contribution in [3.8, 4) is 0 Å². The molecule has 0 saturated carbocycles. The lowest BCUT2D eigenvalue weighted by Crippen LogP contribution is -2.37. The second kappa shape index (κ2) is 5.42. The molecule has 0 N–H and O–H groups in total. The molecule has 15 heavy (non-hydrogen) atoms. The molecule has 0 aromatic rings. The number of carbonyl (C=O) groups excluding carboxylic acids is 1. The zero-order valence-electron chi connectivity index (χ0n) is 9.79. The first-order valence-corrected chi connectivity index (χ1v) is 5.45. The summed E-state index contributed by atoms with van der Waals surface area (Å²) < 4.78 is 11.1. The molecule has 0 unspecified atom stereocenters. The fourth-order valence-electron chi connectivity index (χ4n) is 1.39. The third kappa shape index (κ3) is 4.14. The number of allylic oxidation sites excluding steroid dienone is 1. The van der Waals surface area contributed by atoms with E-state index in [-0.39, 0.29) is 11.7 Å². The van der Waals surface area contributed by atoms with E-state index in [1.807, 2.05) is 13.0 Å². The van der Waals surface area contributed by atoms with Crippen molar-refractivity contribution >= 4 is 6.29 Å². The molecular weight excluding hydrogens is 192 g/mol. The Bertz CT molecular complexity index is 233. The van der Waals surface area contributed by atoms with Gasteiger partial charge in [0.05, 0.1) is 13.2 Å². The summed E-state index contributed by atoms with van der Waals surface area (Å²) in [5, 5.41) is 0. The van der Waals surface area contributed by atoms with E-state index in [1.54, 1.807) is 0 Å². The molecule has 0 aliphatic carbocycles. The van der Waals surface area contributed by atoms with E-state index in [9.17, 15) is 4.79 Å². The van der Waals surface area contributed by atoms with Gasteiger partial charge in [0.25, 0.3) is 0 Å². The summed E-state index contributed by atoms with van der Waals surface area (Å²) in [6.07, 6.45) is 4.04. The standard InChI is InChI=1S/C12H20O3/c1-4-10(7-13)5-6-11-14-8-12(2,3)9-15-11/h5,7,11H,4,6,8-9H2,1-3H3/b10-5-. The van der Waals surface area contributed by atoms with Crippen LogP contribution in [0.15, 0.2) is 11.6 Å². The first kappa shape index (κ1) is 12.4. The topological polar surface area (TPSA) is 35.5 Å². The molecule has 1 heterocycles. The van der Waals surface area contributed by atoms with Crippen LogP contribution < -0.4 is 0 Å². The molecule has 3 heteroatoms. The number of ether oxygens (including phenoxy) is 2. The SMILES string of the molecule is CC/C(C=O)=C/CC1OCC(C)(C)CO1. The Kier molecular flexibility index (Phi) is 4.48. The zero-order valence-corrected chi connectivity index (χ0v) is 9.79. The predicted octanol–water partition coefficient (Wildman–Crippen LogP) is 2.31. The van der Waals surface area contributed by atoms with Gasteiger partial charge in [-0.3, -0.25) is 4.79 Å². The Balaban J connectivity index is 2.36. The van der Waals surface area contributed by atoms with E-state index in [1.165, 1.54) is 0 Å². The molecule has 1 aliphatic rings. The van der Waals surface area contributed by atoms with Gasteiger partial charge >= 0.3 is 0 Å². The molecule has 1 rings (SSSR count). The number of rotatable bonds is 4. The molecule has 0 radical (unpaired) electrons. The largest absolute Gasteiger partial charge is 0.352 e. The lowest BCUT2D eigenvalue weighted by molar-refractivity contribution is -0.219. The minimum atomic E-state index is -0.181. The molecule has 0 atom stereocenters. The van der Waals surface area contributed by atoms with Gasteiger partial charge in [-0.25, -0.2) is 0 Å². The quantitative estimate of drug-likeness (QED) is 0.530. The van der Waals surface area contributed by atoms with Gasteiger partial charge in [0.1, 0.15) is 6.29 Å². The van der Waals surface area contributed by atoms with Gasteiger partial charge in [0.2, 0.25) is 0 Å². The second-order valence-electron chi connectivity index (χ2n) is 4.70. The van der Waals surface area contributed by atoms with Crippen LogP contribution in [0, 0.1) is 5.41 Å². The number of aldehydes is 1. The number of hydrogen-bond acceptors (Lipinski definition) is 3. The van der Waals surface area contributed by atoms with Crippen molar-refractivity contribution < 1.29 is 14.3 Å². The Morgan fingerprint density at radius 2 is 2.00 bits per heavy atom. The smallest absolute Gasteiger partial charge is 0.161 e. The van der Waals surface area contributed by atoms with Gasteiger partial charge in [0, 0.05) is 11.8 Å². The van der Waals surface area contributed by atoms with Gasteiger partial charge in [-0.15, -0.1) is 0 Å². The van der Waals surface area contributed by atoms with Crippen LogP contribution in [0.5, 0.6) is 0 Å². The fraction of sp³-hybridized carbons (Fsp3) is 0.750. The van der Waals surface area contributed by atoms with Crippen LogP contribution in [0.1, 0.15) is 33.6 Å². The van der Waals surface area contributed by atoms with Crippen molar-refractivity contribution in [1.82, 2.24) is 0 Å². The summed E-state index contributed by atoms with van der Waals surface area (Å²) in [4.78, 5) is 10.6. The van der Waals surface area contributed by atoms with Gasteiger partial charge in [-0.2, -0.15) is 0 Å². The van der Waals surface area contributed by atoms with Gasteiger partial charge < -0.3 is 9.47 Å². The van der Waals surface area contributed by atoms with Crippen molar-refractivity contribution in [2.75, 3.05) is 13.2 Å². The van der Waals surface area contributed by atoms with Crippen LogP contribution in [0.4, 0.5) is 0 Å². The highest BCUT2D eigenvalue weighted by Crippen LogP contribution is 2.24. The van der Waals surface area contributed by atoms with E-state index in [0.29, 0.717) is 19.6 Å². The average molecular weight is 212 g/mol. The lowest BCUT2D eigenvalue weighted by atomic mass is 9.95. The molecular formula is C12H20O3. The minimum Gasteiger partial charge on any atom is -0.352 e. The summed E-state index contributed by atoms with van der Waals surface area (Å²) in [6.45, 7) is 7.62. The molecule has 0 spiro atoms. The Hall–Kier alpha value is -0.670. The Morgan fingerprint density at radius 3 is 2.47 bits per heavy atom. The molecule has 1 saturated heterocycles. The van der Waals surface area contributed by atoms with Crippen LogP contribution in [-0.2, 0) is 14.3 Å². The maximum Gasteiger partial charge on any atom is 0.161 e. The maximum atomic E-state index is 10.6. The number of carbonyl (C=O) groups is 1. The average Bonchev–Trinajstić information content (AvgIpc) is 2.21. The molecule has 1 fully saturated rings. The Morgan fingerprint density at radius 1 is 1.40 bits per heavy atom. The summed E-state index contributed by atoms with van der Waals surface area (Å²) in [5.41, 5.74) is 0.922. The molecule has 0 bridgehead atoms. The predicted molar refractivity (Wildman–Crippen MR) is 58.5 cm³/mol. The molecule has 0 aromatic heterocycles.